The summed E-state index contributed by atoms with van der Waals surface area (Å²) in [5.41, 5.74) is 0.885. The summed E-state index contributed by atoms with van der Waals surface area (Å²) < 4.78 is 67.4. The Morgan fingerprint density at radius 3 is 2.36 bits per heavy atom. The Morgan fingerprint density at radius 2 is 1.76 bits per heavy atom. The minimum atomic E-state index is -3.41. The van der Waals surface area contributed by atoms with Gasteiger partial charge in [-0.15, -0.1) is 0 Å². The highest BCUT2D eigenvalue weighted by Crippen LogP contribution is 2.28. The number of piperazine rings is 1. The Kier molecular flexibility index (Phi) is 7.69. The third kappa shape index (κ3) is 5.67. The van der Waals surface area contributed by atoms with Gasteiger partial charge >= 0.3 is 0 Å². The van der Waals surface area contributed by atoms with Gasteiger partial charge in [0.15, 0.2) is 17.5 Å². The lowest BCUT2D eigenvalue weighted by atomic mass is 10.0. The lowest BCUT2D eigenvalue weighted by Crippen LogP contribution is -2.54. The second-order valence-electron chi connectivity index (χ2n) is 8.28. The van der Waals surface area contributed by atoms with E-state index in [-0.39, 0.29) is 23.3 Å². The normalized spacial score (nSPS) is 18.2. The number of hydrogen-bond acceptors (Lipinski definition) is 4. The van der Waals surface area contributed by atoms with Crippen LogP contribution in [0.1, 0.15) is 49.2 Å². The van der Waals surface area contributed by atoms with E-state index in [1.54, 1.807) is 43.0 Å². The lowest BCUT2D eigenvalue weighted by molar-refractivity contribution is 0.0401. The van der Waals surface area contributed by atoms with Crippen LogP contribution in [0, 0.1) is 17.5 Å². The van der Waals surface area contributed by atoms with Crippen molar-refractivity contribution in [1.29, 1.82) is 0 Å². The molecule has 180 valence electrons. The molecular formula is C23H28F3N3O3S. The average Bonchev–Trinajstić information content (AvgIpc) is 2.77. The molecule has 2 aromatic rings. The number of benzene rings is 2. The number of nitrogens with zero attached hydrogens (tertiary/aromatic N) is 2. The van der Waals surface area contributed by atoms with Gasteiger partial charge in [-0.05, 0) is 50.6 Å². The highest BCUT2D eigenvalue weighted by atomic mass is 32.2. The van der Waals surface area contributed by atoms with Crippen molar-refractivity contribution in [2.45, 2.75) is 39.3 Å². The van der Waals surface area contributed by atoms with Gasteiger partial charge in [0.1, 0.15) is 0 Å². The summed E-state index contributed by atoms with van der Waals surface area (Å²) in [5.74, 6) is -4.08. The summed E-state index contributed by atoms with van der Waals surface area (Å²) in [4.78, 5) is 16.6. The van der Waals surface area contributed by atoms with Gasteiger partial charge in [-0.3, -0.25) is 14.4 Å². The van der Waals surface area contributed by atoms with Crippen LogP contribution < -0.4 is 4.72 Å². The number of carbonyl (C=O) groups is 1. The predicted molar refractivity (Wildman–Crippen MR) is 121 cm³/mol. The number of rotatable bonds is 7. The van der Waals surface area contributed by atoms with Crippen molar-refractivity contribution < 1.29 is 26.4 Å². The molecule has 0 spiro atoms. The standard InChI is InChI=1S/C23H28F3N3O3S/c1-4-13-33(31,32)27-18-7-5-17(6-8-18)23(30)29-12-11-28(14-15(29)2)16(3)19-9-10-20(24)22(26)21(19)25/h5-10,15-16,27H,4,11-14H2,1-3H3/t15-,16?/m1/s1. The minimum absolute atomic E-state index is 0.0162. The molecular weight excluding hydrogens is 455 g/mol. The maximum Gasteiger partial charge on any atom is 0.254 e. The predicted octanol–water partition coefficient (Wildman–Crippen LogP) is 4.16. The Labute approximate surface area is 192 Å². The number of nitrogens with one attached hydrogen (secondary N) is 1. The zero-order valence-corrected chi connectivity index (χ0v) is 19.6. The van der Waals surface area contributed by atoms with E-state index in [0.29, 0.717) is 37.3 Å². The largest absolute Gasteiger partial charge is 0.333 e. The van der Waals surface area contributed by atoms with Crippen LogP contribution in [0.3, 0.4) is 0 Å². The summed E-state index contributed by atoms with van der Waals surface area (Å²) in [6.07, 6.45) is 0.497. The van der Waals surface area contributed by atoms with Gasteiger partial charge in [0.25, 0.3) is 5.91 Å². The Hall–Kier alpha value is -2.59. The first kappa shape index (κ1) is 25.0. The first-order chi connectivity index (χ1) is 15.5. The topological polar surface area (TPSA) is 69.7 Å². The zero-order chi connectivity index (χ0) is 24.3. The molecule has 2 aromatic carbocycles. The van der Waals surface area contributed by atoms with Crippen molar-refractivity contribution in [3.8, 4) is 0 Å². The van der Waals surface area contributed by atoms with Crippen molar-refractivity contribution in [1.82, 2.24) is 9.80 Å². The highest BCUT2D eigenvalue weighted by molar-refractivity contribution is 7.92. The van der Waals surface area contributed by atoms with Crippen LogP contribution >= 0.6 is 0 Å². The van der Waals surface area contributed by atoms with Gasteiger partial charge in [-0.2, -0.15) is 0 Å². The quantitative estimate of drug-likeness (QED) is 0.601. The monoisotopic (exact) mass is 483 g/mol. The van der Waals surface area contributed by atoms with Crippen LogP contribution in [0.4, 0.5) is 18.9 Å². The van der Waals surface area contributed by atoms with Gasteiger partial charge < -0.3 is 4.90 Å². The number of anilines is 1. The van der Waals surface area contributed by atoms with Gasteiger partial charge in [-0.1, -0.05) is 13.0 Å². The fraction of sp³-hybridized carbons (Fsp3) is 0.435. The van der Waals surface area contributed by atoms with E-state index in [4.69, 9.17) is 0 Å². The summed E-state index contributed by atoms with van der Waals surface area (Å²) in [7, 11) is -3.41. The molecule has 1 N–H and O–H groups in total. The maximum absolute atomic E-state index is 14.2. The lowest BCUT2D eigenvalue weighted by Gasteiger charge is -2.42. The Balaban J connectivity index is 1.66. The maximum atomic E-state index is 14.2. The van der Waals surface area contributed by atoms with Crippen molar-refractivity contribution >= 4 is 21.6 Å². The minimum Gasteiger partial charge on any atom is -0.333 e. The average molecular weight is 484 g/mol. The van der Waals surface area contributed by atoms with Crippen molar-refractivity contribution in [2.24, 2.45) is 0 Å². The summed E-state index contributed by atoms with van der Waals surface area (Å²) in [6, 6.07) is 7.72. The molecule has 1 saturated heterocycles. The molecule has 3 rings (SSSR count). The Morgan fingerprint density at radius 1 is 1.09 bits per heavy atom. The fourth-order valence-electron chi connectivity index (χ4n) is 4.05. The molecule has 1 amide bonds. The molecule has 1 aliphatic rings. The molecule has 6 nitrogen and oxygen atoms in total. The molecule has 1 fully saturated rings. The summed E-state index contributed by atoms with van der Waals surface area (Å²) >= 11 is 0. The molecule has 1 heterocycles. The smallest absolute Gasteiger partial charge is 0.254 e. The van der Waals surface area contributed by atoms with Crippen molar-refractivity contribution in [3.05, 3.63) is 65.0 Å². The number of hydrogen-bond donors (Lipinski definition) is 1. The van der Waals surface area contributed by atoms with E-state index < -0.39 is 33.5 Å². The molecule has 1 unspecified atom stereocenters. The van der Waals surface area contributed by atoms with E-state index in [0.717, 1.165) is 6.07 Å². The number of halogens is 3. The van der Waals surface area contributed by atoms with E-state index >= 15 is 0 Å². The second kappa shape index (κ2) is 10.1. The van der Waals surface area contributed by atoms with Crippen LogP contribution in [-0.4, -0.2) is 55.6 Å². The highest BCUT2D eigenvalue weighted by Gasteiger charge is 2.32. The SMILES string of the molecule is CCCS(=O)(=O)Nc1ccc(C(=O)N2CCN(C(C)c3ccc(F)c(F)c3F)C[C@H]2C)cc1. The third-order valence-electron chi connectivity index (χ3n) is 5.86. The van der Waals surface area contributed by atoms with Gasteiger partial charge in [-0.25, -0.2) is 21.6 Å². The zero-order valence-electron chi connectivity index (χ0n) is 18.8. The second-order valence-corrected chi connectivity index (χ2v) is 10.1. The summed E-state index contributed by atoms with van der Waals surface area (Å²) in [5, 5.41) is 0. The summed E-state index contributed by atoms with van der Waals surface area (Å²) in [6.45, 7) is 6.60. The molecule has 0 aliphatic carbocycles. The van der Waals surface area contributed by atoms with Gasteiger partial charge in [0.05, 0.1) is 5.75 Å². The number of sulfonamides is 1. The molecule has 2 atom stereocenters. The molecule has 1 aliphatic heterocycles. The van der Waals surface area contributed by atoms with Crippen LogP contribution in [0.5, 0.6) is 0 Å². The number of carbonyl (C=O) groups excluding carboxylic acids is 1. The Bertz CT molecular complexity index is 1110. The molecule has 0 aromatic heterocycles. The molecule has 0 bridgehead atoms. The molecule has 0 saturated carbocycles. The first-order valence-corrected chi connectivity index (χ1v) is 12.5. The van der Waals surface area contributed by atoms with Crippen LogP contribution in [-0.2, 0) is 10.0 Å². The molecule has 10 heteroatoms. The van der Waals surface area contributed by atoms with Crippen LogP contribution in [0.25, 0.3) is 0 Å². The number of amides is 1. The fourth-order valence-corrected chi connectivity index (χ4v) is 5.18. The van der Waals surface area contributed by atoms with Gasteiger partial charge in [0.2, 0.25) is 10.0 Å². The van der Waals surface area contributed by atoms with Crippen molar-refractivity contribution in [3.63, 3.8) is 0 Å². The van der Waals surface area contributed by atoms with Crippen LogP contribution in [0.2, 0.25) is 0 Å². The first-order valence-electron chi connectivity index (χ1n) is 10.8. The van der Waals surface area contributed by atoms with Crippen molar-refractivity contribution in [2.75, 3.05) is 30.1 Å². The van der Waals surface area contributed by atoms with Gasteiger partial charge in [0, 0.05) is 48.5 Å². The third-order valence-corrected chi connectivity index (χ3v) is 7.35. The molecule has 0 radical (unpaired) electrons. The van der Waals surface area contributed by atoms with E-state index in [9.17, 15) is 26.4 Å². The van der Waals surface area contributed by atoms with E-state index in [1.165, 1.54) is 6.07 Å². The molecule has 33 heavy (non-hydrogen) atoms. The van der Waals surface area contributed by atoms with Crippen LogP contribution in [0.15, 0.2) is 36.4 Å². The van der Waals surface area contributed by atoms with E-state index in [2.05, 4.69) is 4.72 Å². The van der Waals surface area contributed by atoms with E-state index in [1.807, 2.05) is 11.8 Å².